The molecular weight excluding hydrogens is 506 g/mol. The van der Waals surface area contributed by atoms with Gasteiger partial charge in [-0.05, 0) is 50.0 Å². The fourth-order valence-electron chi connectivity index (χ4n) is 3.24. The molecule has 4 atom stereocenters. The third-order valence-electron chi connectivity index (χ3n) is 5.15. The number of aliphatic carboxylic acids is 2. The summed E-state index contributed by atoms with van der Waals surface area (Å²) in [5, 5.41) is 25.9. The van der Waals surface area contributed by atoms with Gasteiger partial charge in [-0.2, -0.15) is 11.8 Å². The summed E-state index contributed by atoms with van der Waals surface area (Å²) in [6.45, 7) is 3.90. The number of nitrogens with zero attached hydrogens (tertiary/aromatic N) is 1. The van der Waals surface area contributed by atoms with Gasteiger partial charge in [0.25, 0.3) is 0 Å². The van der Waals surface area contributed by atoms with E-state index in [9.17, 15) is 29.1 Å². The number of thioether (sulfide) groups is 1. The van der Waals surface area contributed by atoms with Crippen molar-refractivity contribution in [2.24, 2.45) is 28.1 Å². The molecule has 4 unspecified atom stereocenters. The lowest BCUT2D eigenvalue weighted by atomic mass is 10.0. The van der Waals surface area contributed by atoms with Gasteiger partial charge in [0.1, 0.15) is 18.1 Å². The Hall–Kier alpha value is -3.07. The maximum absolute atomic E-state index is 13.1. The van der Waals surface area contributed by atoms with Crippen molar-refractivity contribution in [2.45, 2.75) is 76.5 Å². The standard InChI is InChI=1S/C22H41N7O7S/c1-12(2)11-13(23)18(32)27-15(6-7-17(30)31)20(34)28-14(5-4-9-26-22(24)25)19(33)29-16(21(35)36)8-10-37-3/h12-16H,4-11,23H2,1-3H3,(H,27,32)(H,28,34)(H,29,33)(H,30,31)(H,35,36)(H4,24,25,26). The molecular formula is C22H41N7O7S. The van der Waals surface area contributed by atoms with Crippen molar-refractivity contribution < 1.29 is 34.2 Å². The van der Waals surface area contributed by atoms with Gasteiger partial charge < -0.3 is 43.4 Å². The normalized spacial score (nSPS) is 14.1. The van der Waals surface area contributed by atoms with Crippen LogP contribution in [0, 0.1) is 5.92 Å². The van der Waals surface area contributed by atoms with E-state index in [0.717, 1.165) is 0 Å². The number of nitrogens with one attached hydrogen (secondary N) is 3. The first-order chi connectivity index (χ1) is 17.3. The number of carbonyl (C=O) groups is 5. The molecule has 0 spiro atoms. The Balaban J connectivity index is 5.67. The fraction of sp³-hybridized carbons (Fsp3) is 0.727. The zero-order valence-corrected chi connectivity index (χ0v) is 22.4. The summed E-state index contributed by atoms with van der Waals surface area (Å²) in [7, 11) is 0. The van der Waals surface area contributed by atoms with Gasteiger partial charge in [0, 0.05) is 13.0 Å². The number of aliphatic imine (C=N–C) groups is 1. The fourth-order valence-corrected chi connectivity index (χ4v) is 3.71. The molecule has 14 nitrogen and oxygen atoms in total. The molecule has 0 saturated heterocycles. The summed E-state index contributed by atoms with van der Waals surface area (Å²) >= 11 is 1.41. The number of carboxylic acid groups (broad SMARTS) is 2. The van der Waals surface area contributed by atoms with Crippen molar-refractivity contribution >= 4 is 47.4 Å². The molecule has 0 aromatic carbocycles. The van der Waals surface area contributed by atoms with E-state index in [-0.39, 0.29) is 44.1 Å². The lowest BCUT2D eigenvalue weighted by molar-refractivity contribution is -0.142. The first kappa shape index (κ1) is 33.9. The maximum Gasteiger partial charge on any atom is 0.326 e. The minimum Gasteiger partial charge on any atom is -0.481 e. The second-order valence-corrected chi connectivity index (χ2v) is 9.91. The Morgan fingerprint density at radius 1 is 0.865 bits per heavy atom. The number of guanidine groups is 1. The largest absolute Gasteiger partial charge is 0.481 e. The number of rotatable bonds is 19. The van der Waals surface area contributed by atoms with E-state index in [2.05, 4.69) is 20.9 Å². The molecule has 0 aliphatic rings. The number of nitrogens with two attached hydrogens (primary N) is 3. The van der Waals surface area contributed by atoms with Crippen LogP contribution in [0.3, 0.4) is 0 Å². The van der Waals surface area contributed by atoms with Gasteiger partial charge in [-0.15, -0.1) is 0 Å². The van der Waals surface area contributed by atoms with Crippen molar-refractivity contribution in [3.05, 3.63) is 0 Å². The van der Waals surface area contributed by atoms with Crippen molar-refractivity contribution in [1.82, 2.24) is 16.0 Å². The Morgan fingerprint density at radius 3 is 1.89 bits per heavy atom. The van der Waals surface area contributed by atoms with Gasteiger partial charge in [-0.1, -0.05) is 13.8 Å². The van der Waals surface area contributed by atoms with Crippen LogP contribution in [-0.2, 0) is 24.0 Å². The maximum atomic E-state index is 13.1. The molecule has 37 heavy (non-hydrogen) atoms. The molecule has 15 heteroatoms. The Bertz CT molecular complexity index is 806. The van der Waals surface area contributed by atoms with Crippen molar-refractivity contribution in [1.29, 1.82) is 0 Å². The highest BCUT2D eigenvalue weighted by Crippen LogP contribution is 2.08. The number of amides is 3. The summed E-state index contributed by atoms with van der Waals surface area (Å²) in [5.41, 5.74) is 16.5. The first-order valence-corrected chi connectivity index (χ1v) is 13.3. The van der Waals surface area contributed by atoms with Crippen LogP contribution in [0.15, 0.2) is 4.99 Å². The topological polar surface area (TPSA) is 252 Å². The van der Waals surface area contributed by atoms with Gasteiger partial charge >= 0.3 is 11.9 Å². The highest BCUT2D eigenvalue weighted by atomic mass is 32.2. The molecule has 0 aliphatic carbocycles. The van der Waals surface area contributed by atoms with Gasteiger partial charge in [0.2, 0.25) is 17.7 Å². The molecule has 0 radical (unpaired) electrons. The molecule has 0 rings (SSSR count). The van der Waals surface area contributed by atoms with Gasteiger partial charge in [-0.25, -0.2) is 4.79 Å². The van der Waals surface area contributed by atoms with Crippen LogP contribution in [0.25, 0.3) is 0 Å². The summed E-state index contributed by atoms with van der Waals surface area (Å²) in [4.78, 5) is 65.0. The first-order valence-electron chi connectivity index (χ1n) is 11.9. The number of carboxylic acids is 2. The minimum atomic E-state index is -1.28. The molecule has 0 fully saturated rings. The number of hydrogen-bond acceptors (Lipinski definition) is 8. The van der Waals surface area contributed by atoms with Crippen LogP contribution >= 0.6 is 11.8 Å². The summed E-state index contributed by atoms with van der Waals surface area (Å²) in [6.07, 6.45) is 1.97. The van der Waals surface area contributed by atoms with E-state index in [1.165, 1.54) is 11.8 Å². The van der Waals surface area contributed by atoms with Crippen LogP contribution in [0.4, 0.5) is 0 Å². The quantitative estimate of drug-likeness (QED) is 0.0528. The molecule has 3 amide bonds. The second-order valence-electron chi connectivity index (χ2n) is 8.92. The molecule has 0 aliphatic heterocycles. The molecule has 0 aromatic rings. The van der Waals surface area contributed by atoms with Gasteiger partial charge in [0.15, 0.2) is 5.96 Å². The van der Waals surface area contributed by atoms with E-state index in [4.69, 9.17) is 22.3 Å². The van der Waals surface area contributed by atoms with E-state index >= 15 is 0 Å². The van der Waals surface area contributed by atoms with Gasteiger partial charge in [-0.3, -0.25) is 24.2 Å². The van der Waals surface area contributed by atoms with Crippen LogP contribution in [0.2, 0.25) is 0 Å². The highest BCUT2D eigenvalue weighted by molar-refractivity contribution is 7.98. The van der Waals surface area contributed by atoms with Gasteiger partial charge in [0.05, 0.1) is 6.04 Å². The minimum absolute atomic E-state index is 0.0513. The molecule has 0 bridgehead atoms. The van der Waals surface area contributed by atoms with Crippen molar-refractivity contribution in [2.75, 3.05) is 18.6 Å². The monoisotopic (exact) mass is 547 g/mol. The smallest absolute Gasteiger partial charge is 0.326 e. The van der Waals surface area contributed by atoms with Crippen molar-refractivity contribution in [3.63, 3.8) is 0 Å². The average Bonchev–Trinajstić information content (AvgIpc) is 2.79. The average molecular weight is 548 g/mol. The van der Waals surface area contributed by atoms with Crippen LogP contribution in [0.5, 0.6) is 0 Å². The zero-order chi connectivity index (χ0) is 28.5. The van der Waals surface area contributed by atoms with E-state index in [1.54, 1.807) is 6.26 Å². The SMILES string of the molecule is CSCCC(NC(=O)C(CCCN=C(N)N)NC(=O)C(CCC(=O)O)NC(=O)C(N)CC(C)C)C(=O)O. The Kier molecular flexibility index (Phi) is 16.7. The molecule has 0 aromatic heterocycles. The molecule has 212 valence electrons. The summed E-state index contributed by atoms with van der Waals surface area (Å²) in [6, 6.07) is -4.55. The van der Waals surface area contributed by atoms with E-state index in [1.807, 2.05) is 13.8 Å². The van der Waals surface area contributed by atoms with E-state index < -0.39 is 60.2 Å². The highest BCUT2D eigenvalue weighted by Gasteiger charge is 2.30. The van der Waals surface area contributed by atoms with Crippen LogP contribution < -0.4 is 33.2 Å². The predicted octanol–water partition coefficient (Wildman–Crippen LogP) is -1.43. The predicted molar refractivity (Wildman–Crippen MR) is 141 cm³/mol. The third-order valence-corrected chi connectivity index (χ3v) is 5.79. The zero-order valence-electron chi connectivity index (χ0n) is 21.6. The molecule has 0 saturated carbocycles. The Morgan fingerprint density at radius 2 is 1.41 bits per heavy atom. The van der Waals surface area contributed by atoms with Crippen LogP contribution in [0.1, 0.15) is 52.4 Å². The number of hydrogen-bond donors (Lipinski definition) is 8. The Labute approximate surface area is 220 Å². The second kappa shape index (κ2) is 18.2. The third kappa shape index (κ3) is 15.6. The summed E-state index contributed by atoms with van der Waals surface area (Å²) in [5.74, 6) is -4.13. The molecule has 0 heterocycles. The summed E-state index contributed by atoms with van der Waals surface area (Å²) < 4.78 is 0. The van der Waals surface area contributed by atoms with E-state index in [0.29, 0.717) is 12.2 Å². The number of carbonyl (C=O) groups excluding carboxylic acids is 3. The van der Waals surface area contributed by atoms with Crippen LogP contribution in [-0.4, -0.2) is 88.6 Å². The molecule has 11 N–H and O–H groups in total. The lowest BCUT2D eigenvalue weighted by Crippen LogP contribution is -2.57. The lowest BCUT2D eigenvalue weighted by Gasteiger charge is -2.25. The van der Waals surface area contributed by atoms with Crippen molar-refractivity contribution in [3.8, 4) is 0 Å².